The standard InChI is InChI=1S/C7H13N3O/c1-10-6(3-4-8)5-7(9-10)11-2/h5H,3-4,8H2,1-2H3. The van der Waals surface area contributed by atoms with E-state index in [4.69, 9.17) is 10.5 Å². The van der Waals surface area contributed by atoms with Crippen molar-refractivity contribution in [3.05, 3.63) is 11.8 Å². The van der Waals surface area contributed by atoms with E-state index in [-0.39, 0.29) is 0 Å². The zero-order valence-corrected chi connectivity index (χ0v) is 6.87. The van der Waals surface area contributed by atoms with Crippen molar-refractivity contribution in [1.29, 1.82) is 0 Å². The van der Waals surface area contributed by atoms with Crippen molar-refractivity contribution in [2.75, 3.05) is 13.7 Å². The second kappa shape index (κ2) is 3.39. The van der Waals surface area contributed by atoms with E-state index in [0.717, 1.165) is 12.1 Å². The van der Waals surface area contributed by atoms with E-state index in [1.165, 1.54) is 0 Å². The van der Waals surface area contributed by atoms with Crippen molar-refractivity contribution in [1.82, 2.24) is 9.78 Å². The molecular weight excluding hydrogens is 142 g/mol. The molecule has 4 heteroatoms. The Balaban J connectivity index is 2.79. The van der Waals surface area contributed by atoms with Crippen LogP contribution in [0.25, 0.3) is 0 Å². The molecule has 0 saturated carbocycles. The van der Waals surface area contributed by atoms with Crippen LogP contribution < -0.4 is 10.5 Å². The molecule has 0 aliphatic heterocycles. The van der Waals surface area contributed by atoms with E-state index in [0.29, 0.717) is 12.4 Å². The Morgan fingerprint density at radius 2 is 2.45 bits per heavy atom. The van der Waals surface area contributed by atoms with Gasteiger partial charge in [0.15, 0.2) is 0 Å². The van der Waals surface area contributed by atoms with Crippen molar-refractivity contribution < 1.29 is 4.74 Å². The molecule has 1 heterocycles. The van der Waals surface area contributed by atoms with Gasteiger partial charge in [0.2, 0.25) is 5.88 Å². The second-order valence-corrected chi connectivity index (χ2v) is 2.34. The highest BCUT2D eigenvalue weighted by Crippen LogP contribution is 2.09. The van der Waals surface area contributed by atoms with Gasteiger partial charge < -0.3 is 10.5 Å². The summed E-state index contributed by atoms with van der Waals surface area (Å²) in [7, 11) is 3.49. The topological polar surface area (TPSA) is 53.1 Å². The maximum atomic E-state index is 5.40. The van der Waals surface area contributed by atoms with Gasteiger partial charge in [0, 0.05) is 25.2 Å². The summed E-state index contributed by atoms with van der Waals surface area (Å²) in [6.07, 6.45) is 0.840. The number of nitrogens with zero attached hydrogens (tertiary/aromatic N) is 2. The van der Waals surface area contributed by atoms with Gasteiger partial charge in [-0.1, -0.05) is 0 Å². The number of methoxy groups -OCH3 is 1. The molecule has 2 N–H and O–H groups in total. The molecule has 0 bridgehead atoms. The van der Waals surface area contributed by atoms with E-state index in [1.807, 2.05) is 13.1 Å². The molecular formula is C7H13N3O. The van der Waals surface area contributed by atoms with Crippen LogP contribution in [0.1, 0.15) is 5.69 Å². The van der Waals surface area contributed by atoms with Crippen molar-refractivity contribution in [3.63, 3.8) is 0 Å². The molecule has 11 heavy (non-hydrogen) atoms. The Kier molecular flexibility index (Phi) is 2.48. The molecule has 0 atom stereocenters. The monoisotopic (exact) mass is 155 g/mol. The van der Waals surface area contributed by atoms with Gasteiger partial charge in [-0.15, -0.1) is 5.10 Å². The van der Waals surface area contributed by atoms with E-state index in [9.17, 15) is 0 Å². The fraction of sp³-hybridized carbons (Fsp3) is 0.571. The van der Waals surface area contributed by atoms with Crippen LogP contribution in [0.4, 0.5) is 0 Å². The Morgan fingerprint density at radius 3 is 2.91 bits per heavy atom. The summed E-state index contributed by atoms with van der Waals surface area (Å²) in [5.41, 5.74) is 6.50. The maximum Gasteiger partial charge on any atom is 0.232 e. The number of aromatic nitrogens is 2. The van der Waals surface area contributed by atoms with Gasteiger partial charge in [-0.25, -0.2) is 0 Å². The van der Waals surface area contributed by atoms with Crippen molar-refractivity contribution >= 4 is 0 Å². The molecule has 0 radical (unpaired) electrons. The third-order valence-electron chi connectivity index (χ3n) is 1.56. The summed E-state index contributed by atoms with van der Waals surface area (Å²) < 4.78 is 6.73. The normalized spacial score (nSPS) is 10.1. The minimum atomic E-state index is 0.642. The van der Waals surface area contributed by atoms with Gasteiger partial charge in [-0.05, 0) is 6.54 Å². The zero-order chi connectivity index (χ0) is 8.27. The number of ether oxygens (including phenoxy) is 1. The van der Waals surface area contributed by atoms with Gasteiger partial charge in [-0.2, -0.15) is 0 Å². The average Bonchev–Trinajstić information content (AvgIpc) is 2.33. The predicted octanol–water partition coefficient (Wildman–Crippen LogP) is -0.0701. The van der Waals surface area contributed by atoms with Crippen LogP contribution in [0.2, 0.25) is 0 Å². The summed E-state index contributed by atoms with van der Waals surface area (Å²) in [5.74, 6) is 0.649. The van der Waals surface area contributed by atoms with Crippen LogP contribution in [0, 0.1) is 0 Å². The van der Waals surface area contributed by atoms with E-state index >= 15 is 0 Å². The van der Waals surface area contributed by atoms with Crippen molar-refractivity contribution in [2.24, 2.45) is 12.8 Å². The largest absolute Gasteiger partial charge is 0.480 e. The smallest absolute Gasteiger partial charge is 0.232 e. The van der Waals surface area contributed by atoms with Crippen molar-refractivity contribution in [3.8, 4) is 5.88 Å². The van der Waals surface area contributed by atoms with Gasteiger partial charge in [0.05, 0.1) is 7.11 Å². The third-order valence-corrected chi connectivity index (χ3v) is 1.56. The molecule has 0 aliphatic carbocycles. The van der Waals surface area contributed by atoms with Gasteiger partial charge in [-0.3, -0.25) is 4.68 Å². The Morgan fingerprint density at radius 1 is 1.73 bits per heavy atom. The average molecular weight is 155 g/mol. The molecule has 0 saturated heterocycles. The van der Waals surface area contributed by atoms with Gasteiger partial charge >= 0.3 is 0 Å². The Labute approximate surface area is 66.0 Å². The lowest BCUT2D eigenvalue weighted by Gasteiger charge is -1.95. The van der Waals surface area contributed by atoms with Crippen LogP contribution in [-0.4, -0.2) is 23.4 Å². The van der Waals surface area contributed by atoms with E-state index < -0.39 is 0 Å². The quantitative estimate of drug-likeness (QED) is 0.664. The number of hydrogen-bond donors (Lipinski definition) is 1. The van der Waals surface area contributed by atoms with Gasteiger partial charge in [0.25, 0.3) is 0 Å². The predicted molar refractivity (Wildman–Crippen MR) is 42.5 cm³/mol. The van der Waals surface area contributed by atoms with Crippen molar-refractivity contribution in [2.45, 2.75) is 6.42 Å². The maximum absolute atomic E-state index is 5.40. The summed E-state index contributed by atoms with van der Waals surface area (Å²) in [6.45, 7) is 0.642. The molecule has 1 aromatic heterocycles. The lowest BCUT2D eigenvalue weighted by atomic mass is 10.3. The first kappa shape index (κ1) is 8.07. The highest BCUT2D eigenvalue weighted by molar-refractivity contribution is 5.15. The summed E-state index contributed by atoms with van der Waals surface area (Å²) in [5, 5.41) is 4.09. The molecule has 62 valence electrons. The van der Waals surface area contributed by atoms with E-state index in [2.05, 4.69) is 5.10 Å². The SMILES string of the molecule is COc1cc(CCN)n(C)n1. The highest BCUT2D eigenvalue weighted by Gasteiger charge is 2.02. The van der Waals surface area contributed by atoms with Crippen LogP contribution in [0.15, 0.2) is 6.07 Å². The fourth-order valence-corrected chi connectivity index (χ4v) is 0.958. The Hall–Kier alpha value is -1.03. The molecule has 0 amide bonds. The number of hydrogen-bond acceptors (Lipinski definition) is 3. The number of rotatable bonds is 3. The molecule has 4 nitrogen and oxygen atoms in total. The molecule has 0 unspecified atom stereocenters. The zero-order valence-electron chi connectivity index (χ0n) is 6.87. The second-order valence-electron chi connectivity index (χ2n) is 2.34. The molecule has 0 fully saturated rings. The lowest BCUT2D eigenvalue weighted by Crippen LogP contribution is -2.06. The molecule has 1 aromatic rings. The third kappa shape index (κ3) is 1.71. The molecule has 1 rings (SSSR count). The van der Waals surface area contributed by atoms with Crippen LogP contribution in [-0.2, 0) is 13.5 Å². The first-order valence-electron chi connectivity index (χ1n) is 3.55. The molecule has 0 spiro atoms. The van der Waals surface area contributed by atoms with Crippen LogP contribution in [0.5, 0.6) is 5.88 Å². The molecule has 0 aromatic carbocycles. The van der Waals surface area contributed by atoms with Crippen LogP contribution >= 0.6 is 0 Å². The minimum absolute atomic E-state index is 0.642. The first-order valence-corrected chi connectivity index (χ1v) is 3.55. The van der Waals surface area contributed by atoms with Gasteiger partial charge in [0.1, 0.15) is 0 Å². The first-order chi connectivity index (χ1) is 5.27. The number of nitrogens with two attached hydrogens (primary N) is 1. The van der Waals surface area contributed by atoms with Crippen LogP contribution in [0.3, 0.4) is 0 Å². The fourth-order valence-electron chi connectivity index (χ4n) is 0.958. The number of aryl methyl sites for hydroxylation is 1. The lowest BCUT2D eigenvalue weighted by molar-refractivity contribution is 0.392. The summed E-state index contributed by atoms with van der Waals surface area (Å²) in [6, 6.07) is 1.90. The molecule has 0 aliphatic rings. The summed E-state index contributed by atoms with van der Waals surface area (Å²) in [4.78, 5) is 0. The highest BCUT2D eigenvalue weighted by atomic mass is 16.5. The van der Waals surface area contributed by atoms with E-state index in [1.54, 1.807) is 11.8 Å². The summed E-state index contributed by atoms with van der Waals surface area (Å²) >= 11 is 0. The Bertz CT molecular complexity index is 232. The minimum Gasteiger partial charge on any atom is -0.480 e.